The maximum Gasteiger partial charge on any atom is 0.256 e. The summed E-state index contributed by atoms with van der Waals surface area (Å²) < 4.78 is 14.0. The summed E-state index contributed by atoms with van der Waals surface area (Å²) >= 11 is 0. The van der Waals surface area contributed by atoms with Gasteiger partial charge in [-0.15, -0.1) is 10.2 Å². The van der Waals surface area contributed by atoms with Gasteiger partial charge in [-0.25, -0.2) is 9.97 Å². The maximum absolute atomic E-state index is 6.55. The Labute approximate surface area is 197 Å². The molecule has 0 atom stereocenters. The highest BCUT2D eigenvalue weighted by Crippen LogP contribution is 2.33. The van der Waals surface area contributed by atoms with Gasteiger partial charge in [-0.2, -0.15) is 0 Å². The van der Waals surface area contributed by atoms with E-state index >= 15 is 0 Å². The molecule has 1 saturated carbocycles. The fourth-order valence-electron chi connectivity index (χ4n) is 4.88. The average molecular weight is 461 g/mol. The summed E-state index contributed by atoms with van der Waals surface area (Å²) in [5.74, 6) is 2.42. The number of ether oxygens (including phenoxy) is 2. The van der Waals surface area contributed by atoms with Crippen molar-refractivity contribution < 1.29 is 9.47 Å². The lowest BCUT2D eigenvalue weighted by Crippen LogP contribution is -2.36. The van der Waals surface area contributed by atoms with E-state index in [9.17, 15) is 0 Å². The molecule has 1 N–H and O–H groups in total. The molecular weight excluding hydrogens is 432 g/mol. The number of fused-ring (bicyclic) bond motifs is 2. The SMILES string of the molecule is Cc1cc(N[C@H]2CC[C@@H](Oc3cc(N4CCOCC4)cc4nccnc34)CC2)n2cnnc2n1. The Morgan fingerprint density at radius 2 is 1.85 bits per heavy atom. The van der Waals surface area contributed by atoms with Gasteiger partial charge in [0.15, 0.2) is 0 Å². The Hall–Kier alpha value is -3.53. The van der Waals surface area contributed by atoms with E-state index in [1.165, 1.54) is 0 Å². The Bertz CT molecular complexity index is 1290. The molecule has 0 amide bonds. The minimum atomic E-state index is 0.150. The summed E-state index contributed by atoms with van der Waals surface area (Å²) in [6.07, 6.45) is 9.29. The Balaban J connectivity index is 1.16. The summed E-state index contributed by atoms with van der Waals surface area (Å²) in [6, 6.07) is 6.63. The van der Waals surface area contributed by atoms with Crippen molar-refractivity contribution in [3.05, 3.63) is 42.6 Å². The summed E-state index contributed by atoms with van der Waals surface area (Å²) in [6.45, 7) is 5.20. The van der Waals surface area contributed by atoms with Gasteiger partial charge in [0.25, 0.3) is 5.78 Å². The van der Waals surface area contributed by atoms with Crippen LogP contribution in [0.3, 0.4) is 0 Å². The van der Waals surface area contributed by atoms with Crippen LogP contribution in [-0.4, -0.2) is 68.0 Å². The van der Waals surface area contributed by atoms with Crippen LogP contribution in [0.2, 0.25) is 0 Å². The van der Waals surface area contributed by atoms with Crippen LogP contribution in [0.25, 0.3) is 16.8 Å². The predicted molar refractivity (Wildman–Crippen MR) is 128 cm³/mol. The third-order valence-electron chi connectivity index (χ3n) is 6.63. The minimum absolute atomic E-state index is 0.150. The first-order valence-corrected chi connectivity index (χ1v) is 11.9. The molecule has 0 unspecified atom stereocenters. The van der Waals surface area contributed by atoms with E-state index in [1.54, 1.807) is 18.7 Å². The van der Waals surface area contributed by atoms with E-state index in [1.807, 2.05) is 17.4 Å². The highest BCUT2D eigenvalue weighted by molar-refractivity contribution is 5.85. The molecule has 2 aliphatic rings. The van der Waals surface area contributed by atoms with E-state index in [0.29, 0.717) is 11.8 Å². The van der Waals surface area contributed by atoms with E-state index in [4.69, 9.17) is 9.47 Å². The Morgan fingerprint density at radius 1 is 1.03 bits per heavy atom. The zero-order valence-corrected chi connectivity index (χ0v) is 19.2. The molecule has 1 aromatic carbocycles. The molecule has 0 bridgehead atoms. The van der Waals surface area contributed by atoms with Crippen molar-refractivity contribution in [2.45, 2.75) is 44.8 Å². The van der Waals surface area contributed by atoms with Crippen molar-refractivity contribution in [3.63, 3.8) is 0 Å². The van der Waals surface area contributed by atoms with Crippen molar-refractivity contribution >= 4 is 28.3 Å². The van der Waals surface area contributed by atoms with Gasteiger partial charge >= 0.3 is 0 Å². The number of nitrogens with zero attached hydrogens (tertiary/aromatic N) is 7. The Kier molecular flexibility index (Phi) is 5.58. The molecule has 176 valence electrons. The van der Waals surface area contributed by atoms with Crippen molar-refractivity contribution in [2.75, 3.05) is 36.5 Å². The molecule has 1 aliphatic carbocycles. The number of benzene rings is 1. The molecule has 0 spiro atoms. The van der Waals surface area contributed by atoms with Crippen molar-refractivity contribution in [1.82, 2.24) is 29.5 Å². The molecule has 34 heavy (non-hydrogen) atoms. The number of nitrogens with one attached hydrogen (secondary N) is 1. The van der Waals surface area contributed by atoms with Crippen molar-refractivity contribution in [2.24, 2.45) is 0 Å². The molecule has 0 radical (unpaired) electrons. The number of aryl methyl sites for hydroxylation is 1. The van der Waals surface area contributed by atoms with E-state index in [2.05, 4.69) is 47.5 Å². The summed E-state index contributed by atoms with van der Waals surface area (Å²) in [7, 11) is 0. The second kappa shape index (κ2) is 9.02. The van der Waals surface area contributed by atoms with Crippen LogP contribution in [0.5, 0.6) is 5.75 Å². The summed E-state index contributed by atoms with van der Waals surface area (Å²) in [4.78, 5) is 15.9. The standard InChI is InChI=1S/C24H28N8O2/c1-16-12-22(32-15-27-30-24(32)28-16)29-17-2-4-19(5-3-17)34-21-14-18(31-8-10-33-11-9-31)13-20-23(21)26-7-6-25-20/h6-7,12-15,17,19,29H,2-5,8-11H2,1H3/t17-,19+. The van der Waals surface area contributed by atoms with Gasteiger partial charge in [0.1, 0.15) is 23.4 Å². The first kappa shape index (κ1) is 21.0. The van der Waals surface area contributed by atoms with Gasteiger partial charge in [-0.1, -0.05) is 0 Å². The van der Waals surface area contributed by atoms with Crippen LogP contribution in [0, 0.1) is 6.92 Å². The van der Waals surface area contributed by atoms with Gasteiger partial charge < -0.3 is 19.7 Å². The molecule has 1 aliphatic heterocycles. The lowest BCUT2D eigenvalue weighted by Gasteiger charge is -2.32. The summed E-state index contributed by atoms with van der Waals surface area (Å²) in [5.41, 5.74) is 3.73. The van der Waals surface area contributed by atoms with E-state index in [0.717, 1.165) is 86.0 Å². The van der Waals surface area contributed by atoms with Crippen LogP contribution in [0.4, 0.5) is 11.5 Å². The maximum atomic E-state index is 6.55. The van der Waals surface area contributed by atoms with Gasteiger partial charge in [-0.3, -0.25) is 9.38 Å². The molecule has 3 aromatic heterocycles. The van der Waals surface area contributed by atoms with Crippen LogP contribution < -0.4 is 15.0 Å². The molecular formula is C24H28N8O2. The van der Waals surface area contributed by atoms with Crippen LogP contribution in [0.15, 0.2) is 36.9 Å². The van der Waals surface area contributed by atoms with Gasteiger partial charge in [0.05, 0.1) is 24.8 Å². The largest absolute Gasteiger partial charge is 0.488 e. The average Bonchev–Trinajstić information content (AvgIpc) is 3.34. The molecule has 6 rings (SSSR count). The topological polar surface area (TPSA) is 103 Å². The molecule has 4 heterocycles. The first-order chi connectivity index (χ1) is 16.7. The van der Waals surface area contributed by atoms with Gasteiger partial charge in [-0.05, 0) is 38.7 Å². The lowest BCUT2D eigenvalue weighted by atomic mass is 9.93. The third-order valence-corrected chi connectivity index (χ3v) is 6.63. The number of anilines is 2. The lowest BCUT2D eigenvalue weighted by molar-refractivity contribution is 0.122. The van der Waals surface area contributed by atoms with Crippen LogP contribution >= 0.6 is 0 Å². The van der Waals surface area contributed by atoms with Crippen LogP contribution in [-0.2, 0) is 4.74 Å². The van der Waals surface area contributed by atoms with Gasteiger partial charge in [0.2, 0.25) is 0 Å². The second-order valence-corrected chi connectivity index (χ2v) is 8.99. The minimum Gasteiger partial charge on any atom is -0.488 e. The number of aromatic nitrogens is 6. The smallest absolute Gasteiger partial charge is 0.256 e. The van der Waals surface area contributed by atoms with E-state index < -0.39 is 0 Å². The number of rotatable bonds is 5. The predicted octanol–water partition coefficient (Wildman–Crippen LogP) is 3.01. The zero-order chi connectivity index (χ0) is 22.9. The van der Waals surface area contributed by atoms with E-state index in [-0.39, 0.29) is 6.10 Å². The summed E-state index contributed by atoms with van der Waals surface area (Å²) in [5, 5.41) is 11.7. The fourth-order valence-corrected chi connectivity index (χ4v) is 4.88. The van der Waals surface area contributed by atoms with Crippen LogP contribution in [0.1, 0.15) is 31.4 Å². The Morgan fingerprint density at radius 3 is 2.71 bits per heavy atom. The molecule has 4 aromatic rings. The quantitative estimate of drug-likeness (QED) is 0.481. The van der Waals surface area contributed by atoms with Crippen molar-refractivity contribution in [3.8, 4) is 5.75 Å². The molecule has 10 nitrogen and oxygen atoms in total. The fraction of sp³-hybridized carbons (Fsp3) is 0.458. The molecule has 1 saturated heterocycles. The highest BCUT2D eigenvalue weighted by atomic mass is 16.5. The molecule has 2 fully saturated rings. The monoisotopic (exact) mass is 460 g/mol. The second-order valence-electron chi connectivity index (χ2n) is 8.99. The zero-order valence-electron chi connectivity index (χ0n) is 19.2. The third kappa shape index (κ3) is 4.21. The first-order valence-electron chi connectivity index (χ1n) is 11.9. The normalized spacial score (nSPS) is 21.1. The number of hydrogen-bond donors (Lipinski definition) is 1. The number of hydrogen-bond acceptors (Lipinski definition) is 9. The number of morpholine rings is 1. The molecule has 10 heteroatoms. The van der Waals surface area contributed by atoms with Gasteiger partial charge in [0, 0.05) is 55.0 Å². The highest BCUT2D eigenvalue weighted by Gasteiger charge is 2.25. The van der Waals surface area contributed by atoms with Crippen molar-refractivity contribution in [1.29, 1.82) is 0 Å².